The number of aromatic amines is 2. The minimum Gasteiger partial charge on any atom is -0.497 e. The molecule has 1 heterocycles. The molecule has 0 unspecified atom stereocenters. The molecule has 0 aliphatic carbocycles. The van der Waals surface area contributed by atoms with Crippen molar-refractivity contribution in [3.8, 4) is 11.5 Å². The third-order valence-electron chi connectivity index (χ3n) is 3.03. The lowest BCUT2D eigenvalue weighted by atomic mass is 10.3. The molecule has 0 bridgehead atoms. The molecule has 3 aromatic rings. The van der Waals surface area contributed by atoms with E-state index in [2.05, 4.69) is 15.3 Å². The van der Waals surface area contributed by atoms with Crippen LogP contribution in [0.2, 0.25) is 0 Å². The highest BCUT2D eigenvalue weighted by molar-refractivity contribution is 5.89. The molecule has 0 atom stereocenters. The molecule has 22 heavy (non-hydrogen) atoms. The van der Waals surface area contributed by atoms with Gasteiger partial charge in [0.15, 0.2) is 0 Å². The van der Waals surface area contributed by atoms with Crippen LogP contribution in [-0.2, 0) is 0 Å². The molecule has 0 spiro atoms. The minimum absolute atomic E-state index is 0.298. The normalized spacial score (nSPS) is 10.4. The Morgan fingerprint density at radius 3 is 2.41 bits per heavy atom. The number of methoxy groups -OCH3 is 1. The fraction of sp³-hybridized carbons (Fsp3) is 0.0667. The van der Waals surface area contributed by atoms with Crippen molar-refractivity contribution in [3.63, 3.8) is 0 Å². The van der Waals surface area contributed by atoms with Crippen molar-refractivity contribution >= 4 is 22.8 Å². The lowest BCUT2D eigenvalue weighted by Gasteiger charge is -2.07. The fourth-order valence-corrected chi connectivity index (χ4v) is 2.00. The Morgan fingerprint density at radius 2 is 1.68 bits per heavy atom. The Bertz CT molecular complexity index is 864. The van der Waals surface area contributed by atoms with Crippen molar-refractivity contribution < 1.29 is 14.3 Å². The van der Waals surface area contributed by atoms with Crippen LogP contribution in [0.15, 0.2) is 47.3 Å². The second-order valence-electron chi connectivity index (χ2n) is 4.53. The maximum atomic E-state index is 11.8. The summed E-state index contributed by atoms with van der Waals surface area (Å²) in [5.41, 5.74) is 1.49. The molecular formula is C15H13N3O4. The third-order valence-corrected chi connectivity index (χ3v) is 3.03. The number of amides is 1. The Morgan fingerprint density at radius 1 is 1.00 bits per heavy atom. The summed E-state index contributed by atoms with van der Waals surface area (Å²) in [6.45, 7) is 0. The summed E-state index contributed by atoms with van der Waals surface area (Å²) < 4.78 is 10.2. The topological polar surface area (TPSA) is 96.2 Å². The first-order valence-electron chi connectivity index (χ1n) is 6.49. The van der Waals surface area contributed by atoms with Gasteiger partial charge in [-0.15, -0.1) is 0 Å². The van der Waals surface area contributed by atoms with Crippen LogP contribution in [0.4, 0.5) is 10.5 Å². The Labute approximate surface area is 124 Å². The number of fused-ring (bicyclic) bond motifs is 1. The van der Waals surface area contributed by atoms with E-state index in [0.29, 0.717) is 28.2 Å². The molecule has 112 valence electrons. The molecule has 0 aliphatic heterocycles. The summed E-state index contributed by atoms with van der Waals surface area (Å²) in [4.78, 5) is 28.3. The number of imidazole rings is 1. The number of hydrogen-bond donors (Lipinski definition) is 3. The summed E-state index contributed by atoms with van der Waals surface area (Å²) in [6.07, 6.45) is -0.623. The number of H-pyrrole nitrogens is 2. The monoisotopic (exact) mass is 299 g/mol. The van der Waals surface area contributed by atoms with Gasteiger partial charge in [-0.3, -0.25) is 5.32 Å². The zero-order chi connectivity index (χ0) is 15.5. The van der Waals surface area contributed by atoms with E-state index in [1.807, 2.05) is 0 Å². The number of aromatic nitrogens is 2. The zero-order valence-corrected chi connectivity index (χ0v) is 11.7. The van der Waals surface area contributed by atoms with E-state index in [4.69, 9.17) is 9.47 Å². The molecule has 2 aromatic carbocycles. The van der Waals surface area contributed by atoms with E-state index in [1.54, 1.807) is 49.6 Å². The quantitative estimate of drug-likeness (QED) is 0.692. The highest BCUT2D eigenvalue weighted by Crippen LogP contribution is 2.18. The van der Waals surface area contributed by atoms with E-state index in [-0.39, 0.29) is 5.69 Å². The zero-order valence-electron chi connectivity index (χ0n) is 11.7. The van der Waals surface area contributed by atoms with Crippen molar-refractivity contribution in [2.24, 2.45) is 0 Å². The molecule has 0 saturated carbocycles. The maximum Gasteiger partial charge on any atom is 0.417 e. The van der Waals surface area contributed by atoms with Crippen molar-refractivity contribution in [2.45, 2.75) is 0 Å². The maximum absolute atomic E-state index is 11.8. The summed E-state index contributed by atoms with van der Waals surface area (Å²) in [5, 5.41) is 2.59. The Balaban J connectivity index is 1.70. The van der Waals surface area contributed by atoms with Gasteiger partial charge in [0.05, 0.1) is 18.1 Å². The van der Waals surface area contributed by atoms with Crippen LogP contribution in [-0.4, -0.2) is 23.2 Å². The first-order chi connectivity index (χ1) is 10.6. The lowest BCUT2D eigenvalue weighted by Crippen LogP contribution is -2.16. The third kappa shape index (κ3) is 2.93. The highest BCUT2D eigenvalue weighted by atomic mass is 16.6. The molecular weight excluding hydrogens is 286 g/mol. The van der Waals surface area contributed by atoms with Gasteiger partial charge in [0.25, 0.3) is 0 Å². The number of carbonyl (C=O) groups is 1. The number of ether oxygens (including phenoxy) is 2. The van der Waals surface area contributed by atoms with Crippen LogP contribution in [0.3, 0.4) is 0 Å². The van der Waals surface area contributed by atoms with E-state index in [9.17, 15) is 9.59 Å². The van der Waals surface area contributed by atoms with Gasteiger partial charge in [-0.1, -0.05) is 0 Å². The molecule has 7 heteroatoms. The first-order valence-corrected chi connectivity index (χ1v) is 6.49. The van der Waals surface area contributed by atoms with Crippen molar-refractivity contribution in [3.05, 3.63) is 52.9 Å². The van der Waals surface area contributed by atoms with Crippen LogP contribution < -0.4 is 20.5 Å². The largest absolute Gasteiger partial charge is 0.497 e. The second-order valence-corrected chi connectivity index (χ2v) is 4.53. The number of rotatable bonds is 3. The molecule has 0 fully saturated rings. The number of benzene rings is 2. The first kappa shape index (κ1) is 13.7. The van der Waals surface area contributed by atoms with E-state index in [1.165, 1.54) is 0 Å². The van der Waals surface area contributed by atoms with Crippen LogP contribution >= 0.6 is 0 Å². The van der Waals surface area contributed by atoms with Gasteiger partial charge in [-0.25, -0.2) is 9.59 Å². The van der Waals surface area contributed by atoms with E-state index < -0.39 is 6.09 Å². The SMILES string of the molecule is COc1ccc(OC(=O)Nc2ccc3[nH]c(=O)[nH]c3c2)cc1. The minimum atomic E-state index is -0.623. The summed E-state index contributed by atoms with van der Waals surface area (Å²) in [7, 11) is 1.56. The standard InChI is InChI=1S/C15H13N3O4/c1-21-10-3-5-11(6-4-10)22-15(20)16-9-2-7-12-13(8-9)18-14(19)17-12/h2-8H,1H3,(H,16,20)(H2,17,18,19). The smallest absolute Gasteiger partial charge is 0.417 e. The van der Waals surface area contributed by atoms with Crippen molar-refractivity contribution in [1.29, 1.82) is 0 Å². The fourth-order valence-electron chi connectivity index (χ4n) is 2.00. The molecule has 1 aromatic heterocycles. The molecule has 0 radical (unpaired) electrons. The molecule has 7 nitrogen and oxygen atoms in total. The van der Waals surface area contributed by atoms with Crippen LogP contribution in [0.1, 0.15) is 0 Å². The predicted molar refractivity (Wildman–Crippen MR) is 81.6 cm³/mol. The van der Waals surface area contributed by atoms with Gasteiger partial charge in [0.1, 0.15) is 11.5 Å². The second kappa shape index (κ2) is 5.65. The van der Waals surface area contributed by atoms with Crippen molar-refractivity contribution in [2.75, 3.05) is 12.4 Å². The average molecular weight is 299 g/mol. The average Bonchev–Trinajstić information content (AvgIpc) is 2.87. The molecule has 1 amide bonds. The Kier molecular flexibility index (Phi) is 3.53. The Hall–Kier alpha value is -3.22. The predicted octanol–water partition coefficient (Wildman–Crippen LogP) is 2.48. The lowest BCUT2D eigenvalue weighted by molar-refractivity contribution is 0.215. The van der Waals surface area contributed by atoms with E-state index >= 15 is 0 Å². The summed E-state index contributed by atoms with van der Waals surface area (Å²) >= 11 is 0. The van der Waals surface area contributed by atoms with Gasteiger partial charge in [0.2, 0.25) is 0 Å². The van der Waals surface area contributed by atoms with Gasteiger partial charge < -0.3 is 19.4 Å². The van der Waals surface area contributed by atoms with Crippen LogP contribution in [0.5, 0.6) is 11.5 Å². The number of carbonyl (C=O) groups excluding carboxylic acids is 1. The molecule has 0 aliphatic rings. The molecule has 0 saturated heterocycles. The van der Waals surface area contributed by atoms with E-state index in [0.717, 1.165) is 0 Å². The summed E-state index contributed by atoms with van der Waals surface area (Å²) in [5.74, 6) is 1.07. The molecule has 3 rings (SSSR count). The van der Waals surface area contributed by atoms with Gasteiger partial charge >= 0.3 is 11.8 Å². The highest BCUT2D eigenvalue weighted by Gasteiger charge is 2.07. The van der Waals surface area contributed by atoms with Crippen LogP contribution in [0, 0.1) is 0 Å². The number of nitrogens with one attached hydrogen (secondary N) is 3. The number of anilines is 1. The number of hydrogen-bond acceptors (Lipinski definition) is 4. The van der Waals surface area contributed by atoms with Crippen molar-refractivity contribution in [1.82, 2.24) is 9.97 Å². The molecule has 3 N–H and O–H groups in total. The van der Waals surface area contributed by atoms with Gasteiger partial charge in [0, 0.05) is 5.69 Å². The van der Waals surface area contributed by atoms with Crippen LogP contribution in [0.25, 0.3) is 11.0 Å². The summed E-state index contributed by atoms with van der Waals surface area (Å²) in [6, 6.07) is 11.6. The van der Waals surface area contributed by atoms with Gasteiger partial charge in [-0.05, 0) is 42.5 Å². The van der Waals surface area contributed by atoms with Gasteiger partial charge in [-0.2, -0.15) is 0 Å².